The molecule has 0 unspecified atom stereocenters. The number of nitrogens with zero attached hydrogens (tertiary/aromatic N) is 3. The van der Waals surface area contributed by atoms with E-state index in [9.17, 15) is 9.59 Å². The van der Waals surface area contributed by atoms with Crippen LogP contribution in [-0.4, -0.2) is 34.7 Å². The average Bonchev–Trinajstić information content (AvgIpc) is 3.53. The van der Waals surface area contributed by atoms with Crippen LogP contribution in [0.2, 0.25) is 5.02 Å². The van der Waals surface area contributed by atoms with Gasteiger partial charge >= 0.3 is 0 Å². The monoisotopic (exact) mass is 479 g/mol. The first kappa shape index (κ1) is 21.5. The number of nitrogens with two attached hydrogens (primary N) is 1. The summed E-state index contributed by atoms with van der Waals surface area (Å²) in [5, 5.41) is 9.10. The summed E-state index contributed by atoms with van der Waals surface area (Å²) in [6.07, 6.45) is 2.19. The minimum atomic E-state index is -0.532. The average molecular weight is 480 g/mol. The lowest BCUT2D eigenvalue weighted by atomic mass is 10.1. The number of hydrogen-bond acceptors (Lipinski definition) is 5. The third kappa shape index (κ3) is 3.96. The van der Waals surface area contributed by atoms with E-state index in [2.05, 4.69) is 15.3 Å². The molecule has 4 aromatic rings. The normalized spacial score (nSPS) is 13.6. The Labute approximate surface area is 199 Å². The number of para-hydroxylation sites is 1. The van der Waals surface area contributed by atoms with Crippen molar-refractivity contribution in [1.29, 1.82) is 0 Å². The number of anilines is 2. The predicted octanol–water partition coefficient (Wildman–Crippen LogP) is 5.00. The number of amides is 2. The number of aromatic nitrogens is 2. The van der Waals surface area contributed by atoms with Gasteiger partial charge in [0.1, 0.15) is 4.83 Å². The van der Waals surface area contributed by atoms with Crippen LogP contribution in [0.4, 0.5) is 11.4 Å². The van der Waals surface area contributed by atoms with Crippen molar-refractivity contribution in [3.05, 3.63) is 69.7 Å². The van der Waals surface area contributed by atoms with E-state index in [4.69, 9.17) is 17.3 Å². The topological polar surface area (TPSA) is 93.2 Å². The minimum Gasteiger partial charge on any atom is -0.370 e. The van der Waals surface area contributed by atoms with Gasteiger partial charge < -0.3 is 16.0 Å². The Morgan fingerprint density at radius 2 is 1.85 bits per heavy atom. The molecule has 7 nitrogen and oxygen atoms in total. The van der Waals surface area contributed by atoms with Crippen LogP contribution < -0.4 is 16.0 Å². The van der Waals surface area contributed by atoms with Gasteiger partial charge in [-0.3, -0.25) is 9.59 Å². The van der Waals surface area contributed by atoms with Gasteiger partial charge in [-0.1, -0.05) is 23.7 Å². The van der Waals surface area contributed by atoms with Crippen molar-refractivity contribution in [3.8, 4) is 5.69 Å². The molecule has 1 fully saturated rings. The van der Waals surface area contributed by atoms with Crippen molar-refractivity contribution in [1.82, 2.24) is 9.78 Å². The summed E-state index contributed by atoms with van der Waals surface area (Å²) in [4.78, 5) is 28.6. The Kier molecular flexibility index (Phi) is 5.55. The van der Waals surface area contributed by atoms with Crippen LogP contribution in [0, 0.1) is 6.92 Å². The van der Waals surface area contributed by atoms with Crippen LogP contribution in [0.15, 0.2) is 48.5 Å². The third-order valence-corrected chi connectivity index (χ3v) is 7.25. The van der Waals surface area contributed by atoms with Gasteiger partial charge in [0.25, 0.3) is 5.91 Å². The van der Waals surface area contributed by atoms with Crippen LogP contribution in [-0.2, 0) is 0 Å². The molecule has 2 aromatic carbocycles. The highest BCUT2D eigenvalue weighted by Crippen LogP contribution is 2.34. The molecule has 2 amide bonds. The van der Waals surface area contributed by atoms with E-state index in [1.165, 1.54) is 11.3 Å². The molecule has 0 atom stereocenters. The zero-order valence-electron chi connectivity index (χ0n) is 18.0. The zero-order chi connectivity index (χ0) is 23.1. The van der Waals surface area contributed by atoms with Crippen molar-refractivity contribution in [2.45, 2.75) is 19.8 Å². The number of hydrogen-bond donors (Lipinski definition) is 2. The predicted molar refractivity (Wildman–Crippen MR) is 133 cm³/mol. The fourth-order valence-electron chi connectivity index (χ4n) is 4.15. The molecule has 1 saturated heterocycles. The van der Waals surface area contributed by atoms with Crippen molar-refractivity contribution in [3.63, 3.8) is 0 Å². The standard InChI is InChI=1S/C24H22ClN5O2S/c1-14-16-13-21(33-24(16)30(28-14)19-7-3-2-6-17(19)25)23(32)27-18-12-15(22(26)31)8-9-20(18)29-10-4-5-11-29/h2-3,6-9,12-13H,4-5,10-11H2,1H3,(H2,26,31)(H,27,32). The van der Waals surface area contributed by atoms with Gasteiger partial charge in [-0.05, 0) is 56.2 Å². The second-order valence-corrected chi connectivity index (χ2v) is 9.46. The fourth-order valence-corrected chi connectivity index (χ4v) is 5.44. The molecule has 0 radical (unpaired) electrons. The fraction of sp³-hybridized carbons (Fsp3) is 0.208. The lowest BCUT2D eigenvalue weighted by Gasteiger charge is -2.22. The maximum atomic E-state index is 13.3. The van der Waals surface area contributed by atoms with Crippen molar-refractivity contribution in [2.24, 2.45) is 5.73 Å². The summed E-state index contributed by atoms with van der Waals surface area (Å²) in [5.41, 5.74) is 8.89. The molecule has 2 aromatic heterocycles. The first-order chi connectivity index (χ1) is 15.9. The summed E-state index contributed by atoms with van der Waals surface area (Å²) < 4.78 is 1.78. The molecule has 0 spiro atoms. The largest absolute Gasteiger partial charge is 0.370 e. The first-order valence-electron chi connectivity index (χ1n) is 10.7. The molecule has 1 aliphatic rings. The van der Waals surface area contributed by atoms with Gasteiger partial charge in [0, 0.05) is 24.0 Å². The molecule has 168 valence electrons. The van der Waals surface area contributed by atoms with Crippen LogP contribution in [0.5, 0.6) is 0 Å². The van der Waals surface area contributed by atoms with E-state index in [1.54, 1.807) is 16.8 Å². The molecular weight excluding hydrogens is 458 g/mol. The number of halogens is 1. The maximum Gasteiger partial charge on any atom is 0.265 e. The highest BCUT2D eigenvalue weighted by Gasteiger charge is 2.22. The molecule has 5 rings (SSSR count). The van der Waals surface area contributed by atoms with Crippen LogP contribution in [0.1, 0.15) is 38.6 Å². The van der Waals surface area contributed by atoms with E-state index in [0.717, 1.165) is 53.2 Å². The number of nitrogens with one attached hydrogen (secondary N) is 1. The number of rotatable bonds is 5. The molecule has 3 heterocycles. The lowest BCUT2D eigenvalue weighted by Crippen LogP contribution is -2.22. The molecule has 0 aliphatic carbocycles. The van der Waals surface area contributed by atoms with Crippen molar-refractivity contribution < 1.29 is 9.59 Å². The minimum absolute atomic E-state index is 0.247. The number of primary amides is 1. The first-order valence-corrected chi connectivity index (χ1v) is 11.9. The van der Waals surface area contributed by atoms with Gasteiger partial charge in [-0.15, -0.1) is 11.3 Å². The summed E-state index contributed by atoms with van der Waals surface area (Å²) >= 11 is 7.74. The van der Waals surface area contributed by atoms with E-state index in [-0.39, 0.29) is 5.91 Å². The van der Waals surface area contributed by atoms with Gasteiger partial charge in [0.2, 0.25) is 5.91 Å². The van der Waals surface area contributed by atoms with E-state index >= 15 is 0 Å². The van der Waals surface area contributed by atoms with E-state index < -0.39 is 5.91 Å². The molecule has 3 N–H and O–H groups in total. The van der Waals surface area contributed by atoms with E-state index in [1.807, 2.05) is 43.3 Å². The Morgan fingerprint density at radius 1 is 1.09 bits per heavy atom. The molecule has 0 bridgehead atoms. The number of fused-ring (bicyclic) bond motifs is 1. The Balaban J connectivity index is 1.51. The molecule has 9 heteroatoms. The smallest absolute Gasteiger partial charge is 0.265 e. The van der Waals surface area contributed by atoms with Crippen LogP contribution in [0.3, 0.4) is 0 Å². The van der Waals surface area contributed by atoms with Gasteiger partial charge in [-0.25, -0.2) is 4.68 Å². The number of carbonyl (C=O) groups is 2. The second kappa shape index (κ2) is 8.53. The second-order valence-electron chi connectivity index (χ2n) is 8.02. The Hall–Kier alpha value is -3.36. The van der Waals surface area contributed by atoms with Gasteiger partial charge in [0.05, 0.1) is 32.7 Å². The number of benzene rings is 2. The van der Waals surface area contributed by atoms with E-state index in [0.29, 0.717) is 21.2 Å². The molecule has 1 aliphatic heterocycles. The number of thiophene rings is 1. The number of aryl methyl sites for hydroxylation is 1. The Morgan fingerprint density at radius 3 is 2.58 bits per heavy atom. The highest BCUT2D eigenvalue weighted by molar-refractivity contribution is 7.20. The van der Waals surface area contributed by atoms with Crippen LogP contribution >= 0.6 is 22.9 Å². The van der Waals surface area contributed by atoms with Crippen LogP contribution in [0.25, 0.3) is 15.9 Å². The molecule has 33 heavy (non-hydrogen) atoms. The lowest BCUT2D eigenvalue weighted by molar-refractivity contribution is 0.0996. The summed E-state index contributed by atoms with van der Waals surface area (Å²) in [6, 6.07) is 14.5. The quantitative estimate of drug-likeness (QED) is 0.421. The summed E-state index contributed by atoms with van der Waals surface area (Å²) in [7, 11) is 0. The molecular formula is C24H22ClN5O2S. The highest BCUT2D eigenvalue weighted by atomic mass is 35.5. The Bertz CT molecular complexity index is 1390. The number of carbonyl (C=O) groups excluding carboxylic acids is 2. The van der Waals surface area contributed by atoms with Gasteiger partial charge in [0.15, 0.2) is 0 Å². The third-order valence-electron chi connectivity index (χ3n) is 5.83. The zero-order valence-corrected chi connectivity index (χ0v) is 19.5. The summed E-state index contributed by atoms with van der Waals surface area (Å²) in [6.45, 7) is 3.73. The van der Waals surface area contributed by atoms with Gasteiger partial charge in [-0.2, -0.15) is 5.10 Å². The SMILES string of the molecule is Cc1nn(-c2ccccc2Cl)c2sc(C(=O)Nc3cc(C(N)=O)ccc3N3CCCC3)cc12. The molecule has 0 saturated carbocycles. The van der Waals surface area contributed by atoms with Crippen molar-refractivity contribution in [2.75, 3.05) is 23.3 Å². The maximum absolute atomic E-state index is 13.3. The van der Waals surface area contributed by atoms with Crippen molar-refractivity contribution >= 4 is 56.3 Å². The summed E-state index contributed by atoms with van der Waals surface area (Å²) in [5.74, 6) is -0.779.